The third kappa shape index (κ3) is 4.41. The lowest BCUT2D eigenvalue weighted by Gasteiger charge is -2.15. The number of benzene rings is 1. The smallest absolute Gasteiger partial charge is 0.251 e. The van der Waals surface area contributed by atoms with Gasteiger partial charge in [0.2, 0.25) is 10.0 Å². The Kier molecular flexibility index (Phi) is 6.11. The van der Waals surface area contributed by atoms with E-state index in [0.29, 0.717) is 19.5 Å². The second-order valence-corrected chi connectivity index (χ2v) is 7.57. The fourth-order valence-corrected chi connectivity index (χ4v) is 4.02. The minimum atomic E-state index is -3.73. The molecular weight excluding hydrogens is 330 g/mol. The lowest BCUT2D eigenvalue weighted by atomic mass is 10.2. The molecule has 0 radical (unpaired) electrons. The first-order valence-corrected chi connectivity index (χ1v) is 9.18. The molecule has 1 heterocycles. The van der Waals surface area contributed by atoms with E-state index < -0.39 is 10.0 Å². The van der Waals surface area contributed by atoms with E-state index in [-0.39, 0.29) is 35.1 Å². The summed E-state index contributed by atoms with van der Waals surface area (Å²) in [5, 5.41) is 11.9. The van der Waals surface area contributed by atoms with Gasteiger partial charge < -0.3 is 10.4 Å². The van der Waals surface area contributed by atoms with Gasteiger partial charge >= 0.3 is 0 Å². The van der Waals surface area contributed by atoms with Crippen LogP contribution in [0.15, 0.2) is 41.8 Å². The summed E-state index contributed by atoms with van der Waals surface area (Å²) in [4.78, 5) is 13.9. The molecule has 1 saturated heterocycles. The maximum atomic E-state index is 12.5. The zero-order chi connectivity index (χ0) is 17.7. The van der Waals surface area contributed by atoms with Gasteiger partial charge in [-0.25, -0.2) is 13.1 Å². The summed E-state index contributed by atoms with van der Waals surface area (Å²) in [6.07, 6.45) is 2.10. The average molecular weight is 353 g/mol. The van der Waals surface area contributed by atoms with Crippen molar-refractivity contribution < 1.29 is 18.3 Å². The second-order valence-electron chi connectivity index (χ2n) is 5.86. The Morgan fingerprint density at radius 1 is 1.50 bits per heavy atom. The molecule has 1 amide bonds. The lowest BCUT2D eigenvalue weighted by Crippen LogP contribution is -2.36. The number of likely N-dealkylation sites (N-methyl/N-ethyl adjacent to an activating group) is 1. The van der Waals surface area contributed by atoms with E-state index in [4.69, 9.17) is 0 Å². The Morgan fingerprint density at radius 2 is 2.25 bits per heavy atom. The van der Waals surface area contributed by atoms with Crippen LogP contribution in [0, 0.1) is 0 Å². The van der Waals surface area contributed by atoms with Gasteiger partial charge in [-0.1, -0.05) is 12.1 Å². The molecule has 0 spiro atoms. The van der Waals surface area contributed by atoms with Crippen LogP contribution in [0.5, 0.6) is 0 Å². The summed E-state index contributed by atoms with van der Waals surface area (Å²) in [6, 6.07) is 5.58. The summed E-state index contributed by atoms with van der Waals surface area (Å²) < 4.78 is 27.7. The number of carbonyl (C=O) groups excluding carboxylic acids is 1. The molecule has 24 heavy (non-hydrogen) atoms. The zero-order valence-corrected chi connectivity index (χ0v) is 14.4. The molecule has 0 saturated carbocycles. The maximum absolute atomic E-state index is 12.5. The highest BCUT2D eigenvalue weighted by Gasteiger charge is 2.32. The minimum Gasteiger partial charge on any atom is -0.395 e. The van der Waals surface area contributed by atoms with Gasteiger partial charge in [0, 0.05) is 30.7 Å². The summed E-state index contributed by atoms with van der Waals surface area (Å²) in [5.74, 6) is -0.354. The lowest BCUT2D eigenvalue weighted by molar-refractivity contribution is 0.0958. The number of aliphatic hydroxyl groups is 1. The van der Waals surface area contributed by atoms with E-state index in [2.05, 4.69) is 16.6 Å². The molecule has 7 nitrogen and oxygen atoms in total. The topological polar surface area (TPSA) is 98.7 Å². The van der Waals surface area contributed by atoms with Gasteiger partial charge in [-0.05, 0) is 31.7 Å². The van der Waals surface area contributed by atoms with Crippen LogP contribution >= 0.6 is 0 Å². The number of likely N-dealkylation sites (tertiary alicyclic amines) is 1. The van der Waals surface area contributed by atoms with E-state index in [0.717, 1.165) is 0 Å². The van der Waals surface area contributed by atoms with Crippen LogP contribution in [0.1, 0.15) is 16.8 Å². The van der Waals surface area contributed by atoms with Crippen LogP contribution in [0.25, 0.3) is 0 Å². The minimum absolute atomic E-state index is 0.00626. The van der Waals surface area contributed by atoms with Crippen LogP contribution < -0.4 is 10.0 Å². The highest BCUT2D eigenvalue weighted by Crippen LogP contribution is 2.18. The molecule has 132 valence electrons. The molecule has 2 rings (SSSR count). The first-order valence-electron chi connectivity index (χ1n) is 7.70. The second kappa shape index (κ2) is 7.89. The fourth-order valence-electron chi connectivity index (χ4n) is 2.74. The normalized spacial score (nSPS) is 21.6. The Hall–Kier alpha value is -1.74. The van der Waals surface area contributed by atoms with Crippen LogP contribution in [0.3, 0.4) is 0 Å². The van der Waals surface area contributed by atoms with Gasteiger partial charge in [0.05, 0.1) is 11.5 Å². The molecule has 2 atom stereocenters. The Bertz CT molecular complexity index is 705. The average Bonchev–Trinajstić information content (AvgIpc) is 2.91. The van der Waals surface area contributed by atoms with E-state index in [1.165, 1.54) is 18.2 Å². The zero-order valence-electron chi connectivity index (χ0n) is 13.6. The molecule has 0 bridgehead atoms. The summed E-state index contributed by atoms with van der Waals surface area (Å²) in [7, 11) is -1.89. The Labute approximate surface area is 142 Å². The van der Waals surface area contributed by atoms with Crippen molar-refractivity contribution in [3.05, 3.63) is 42.5 Å². The van der Waals surface area contributed by atoms with Gasteiger partial charge in [0.15, 0.2) is 0 Å². The van der Waals surface area contributed by atoms with Gasteiger partial charge in [-0.3, -0.25) is 9.69 Å². The Balaban J connectivity index is 2.12. The van der Waals surface area contributed by atoms with Gasteiger partial charge in [0.1, 0.15) is 0 Å². The molecule has 0 aliphatic carbocycles. The fraction of sp³-hybridized carbons (Fsp3) is 0.438. The summed E-state index contributed by atoms with van der Waals surface area (Å²) in [6.45, 7) is 4.35. The standard InChI is InChI=1S/C16H23N3O4S/c1-3-7-17-16(21)12-5-4-6-15(8-12)24(22,23)18-13-9-14(11-20)19(2)10-13/h3-6,8,13-14,18,20H,1,7,9-11H2,2H3,(H,17,21)/t13-,14+/m1/s1. The van der Waals surface area contributed by atoms with E-state index >= 15 is 0 Å². The molecule has 3 N–H and O–H groups in total. The van der Waals surface area contributed by atoms with Crippen molar-refractivity contribution in [3.63, 3.8) is 0 Å². The number of rotatable bonds is 7. The number of hydrogen-bond donors (Lipinski definition) is 3. The van der Waals surface area contributed by atoms with Crippen LogP contribution in [-0.2, 0) is 10.0 Å². The van der Waals surface area contributed by atoms with Crippen LogP contribution in [0.2, 0.25) is 0 Å². The van der Waals surface area contributed by atoms with Gasteiger partial charge in [-0.15, -0.1) is 6.58 Å². The van der Waals surface area contributed by atoms with Crippen molar-refractivity contribution >= 4 is 15.9 Å². The predicted octanol–water partition coefficient (Wildman–Crippen LogP) is -0.0543. The molecule has 0 unspecified atom stereocenters. The number of amides is 1. The number of carbonyl (C=O) groups is 1. The quantitative estimate of drug-likeness (QED) is 0.597. The number of hydrogen-bond acceptors (Lipinski definition) is 5. The number of nitrogens with one attached hydrogen (secondary N) is 2. The first kappa shape index (κ1) is 18.6. The number of aliphatic hydroxyl groups excluding tert-OH is 1. The molecule has 1 aromatic rings. The summed E-state index contributed by atoms with van der Waals surface area (Å²) in [5.41, 5.74) is 0.275. The molecule has 8 heteroatoms. The van der Waals surface area contributed by atoms with E-state index in [1.54, 1.807) is 12.1 Å². The predicted molar refractivity (Wildman–Crippen MR) is 91.2 cm³/mol. The molecule has 1 fully saturated rings. The highest BCUT2D eigenvalue weighted by molar-refractivity contribution is 7.89. The van der Waals surface area contributed by atoms with E-state index in [1.807, 2.05) is 11.9 Å². The first-order chi connectivity index (χ1) is 11.4. The molecular formula is C16H23N3O4S. The van der Waals surface area contributed by atoms with Crippen LogP contribution in [0.4, 0.5) is 0 Å². The molecule has 1 aromatic carbocycles. The van der Waals surface area contributed by atoms with Crippen molar-refractivity contribution in [1.29, 1.82) is 0 Å². The number of nitrogens with zero attached hydrogens (tertiary/aromatic N) is 1. The van der Waals surface area contributed by atoms with Gasteiger partial charge in [-0.2, -0.15) is 0 Å². The van der Waals surface area contributed by atoms with Crippen molar-refractivity contribution in [2.24, 2.45) is 0 Å². The van der Waals surface area contributed by atoms with Crippen LogP contribution in [-0.4, -0.2) is 63.2 Å². The third-order valence-corrected chi connectivity index (χ3v) is 5.55. The van der Waals surface area contributed by atoms with Crippen molar-refractivity contribution in [1.82, 2.24) is 14.9 Å². The Morgan fingerprint density at radius 3 is 2.88 bits per heavy atom. The summed E-state index contributed by atoms with van der Waals surface area (Å²) >= 11 is 0. The third-order valence-electron chi connectivity index (χ3n) is 4.03. The van der Waals surface area contributed by atoms with Crippen molar-refractivity contribution in [2.75, 3.05) is 26.7 Å². The monoisotopic (exact) mass is 353 g/mol. The highest BCUT2D eigenvalue weighted by atomic mass is 32.2. The number of sulfonamides is 1. The van der Waals surface area contributed by atoms with E-state index in [9.17, 15) is 18.3 Å². The maximum Gasteiger partial charge on any atom is 0.251 e. The molecule has 1 aliphatic heterocycles. The van der Waals surface area contributed by atoms with Gasteiger partial charge in [0.25, 0.3) is 5.91 Å². The van der Waals surface area contributed by atoms with Crippen molar-refractivity contribution in [2.45, 2.75) is 23.4 Å². The van der Waals surface area contributed by atoms with Crippen molar-refractivity contribution in [3.8, 4) is 0 Å². The molecule has 1 aliphatic rings. The SMILES string of the molecule is C=CCNC(=O)c1cccc(S(=O)(=O)N[C@@H]2C[C@@H](CO)N(C)C2)c1. The molecule has 0 aromatic heterocycles. The largest absolute Gasteiger partial charge is 0.395 e.